The van der Waals surface area contributed by atoms with E-state index in [4.69, 9.17) is 9.47 Å². The number of morpholine rings is 1. The van der Waals surface area contributed by atoms with Crippen molar-refractivity contribution in [2.75, 3.05) is 31.6 Å². The van der Waals surface area contributed by atoms with E-state index in [9.17, 15) is 19.5 Å². The van der Waals surface area contributed by atoms with E-state index in [0.717, 1.165) is 16.2 Å². The molecular formula is C16H19N2O6S-. The molecule has 1 aromatic rings. The molecule has 0 radical (unpaired) electrons. The van der Waals surface area contributed by atoms with Crippen molar-refractivity contribution < 1.29 is 29.0 Å². The Morgan fingerprint density at radius 1 is 1.24 bits per heavy atom. The number of hydrogen-bond donors (Lipinski definition) is 1. The molecule has 2 aliphatic heterocycles. The second-order valence-electron chi connectivity index (χ2n) is 6.58. The highest BCUT2D eigenvalue weighted by atomic mass is 32.1. The van der Waals surface area contributed by atoms with Crippen LogP contribution in [-0.2, 0) is 32.1 Å². The van der Waals surface area contributed by atoms with Gasteiger partial charge >= 0.3 is 11.8 Å². The van der Waals surface area contributed by atoms with Gasteiger partial charge in [0.1, 0.15) is 5.00 Å². The van der Waals surface area contributed by atoms with Crippen LogP contribution in [-0.4, -0.2) is 54.6 Å². The van der Waals surface area contributed by atoms with Gasteiger partial charge in [0.25, 0.3) is 0 Å². The van der Waals surface area contributed by atoms with Crippen molar-refractivity contribution in [2.45, 2.75) is 32.5 Å². The molecule has 0 atom stereocenters. The van der Waals surface area contributed by atoms with Crippen LogP contribution in [0, 0.1) is 0 Å². The molecular weight excluding hydrogens is 348 g/mol. The molecule has 3 heterocycles. The predicted octanol–water partition coefficient (Wildman–Crippen LogP) is -0.240. The zero-order chi connectivity index (χ0) is 18.2. The molecule has 0 bridgehead atoms. The van der Waals surface area contributed by atoms with E-state index in [1.807, 2.05) is 13.8 Å². The summed E-state index contributed by atoms with van der Waals surface area (Å²) in [6.07, 6.45) is 0.398. The first-order valence-electron chi connectivity index (χ1n) is 7.96. The van der Waals surface area contributed by atoms with Crippen molar-refractivity contribution in [2.24, 2.45) is 0 Å². The summed E-state index contributed by atoms with van der Waals surface area (Å²) in [5, 5.41) is 14.2. The summed E-state index contributed by atoms with van der Waals surface area (Å²) in [4.78, 5) is 38.2. The third-order valence-corrected chi connectivity index (χ3v) is 5.33. The van der Waals surface area contributed by atoms with Crippen LogP contribution in [0.2, 0.25) is 0 Å². The van der Waals surface area contributed by atoms with Crippen LogP contribution < -0.4 is 10.4 Å². The average Bonchev–Trinajstić information content (AvgIpc) is 2.90. The lowest BCUT2D eigenvalue weighted by atomic mass is 9.93. The number of thiophene rings is 1. The molecule has 0 aromatic carbocycles. The first-order valence-corrected chi connectivity index (χ1v) is 8.78. The summed E-state index contributed by atoms with van der Waals surface area (Å²) in [6.45, 7) is 5.43. The number of fused-ring (bicyclic) bond motifs is 1. The second kappa shape index (κ2) is 6.74. The Bertz CT molecular complexity index is 720. The van der Waals surface area contributed by atoms with Crippen LogP contribution in [0.1, 0.15) is 34.6 Å². The fraction of sp³-hybridized carbons (Fsp3) is 0.562. The molecule has 9 heteroatoms. The van der Waals surface area contributed by atoms with Gasteiger partial charge in [-0.15, -0.1) is 11.3 Å². The molecule has 0 unspecified atom stereocenters. The van der Waals surface area contributed by atoms with Gasteiger partial charge < -0.3 is 29.6 Å². The molecule has 136 valence electrons. The SMILES string of the molecule is CC1(C)Cc2c(sc(NC(=O)C(=O)N3CCOCC3)c2C(=O)[O-])CO1. The monoisotopic (exact) mass is 367 g/mol. The molecule has 0 aliphatic carbocycles. The number of rotatable bonds is 2. The normalized spacial score (nSPS) is 19.2. The van der Waals surface area contributed by atoms with E-state index in [2.05, 4.69) is 5.32 Å². The Balaban J connectivity index is 1.83. The van der Waals surface area contributed by atoms with Crippen molar-refractivity contribution in [3.8, 4) is 0 Å². The zero-order valence-electron chi connectivity index (χ0n) is 14.0. The summed E-state index contributed by atoms with van der Waals surface area (Å²) in [5.41, 5.74) is 0.0540. The van der Waals surface area contributed by atoms with Gasteiger partial charge in [-0.05, 0) is 19.4 Å². The van der Waals surface area contributed by atoms with E-state index in [1.165, 1.54) is 4.90 Å². The standard InChI is InChI=1S/C16H20N2O6S/c1-16(2)7-9-10(8-24-16)25-13(11(9)15(21)22)17-12(19)14(20)18-3-5-23-6-4-18/h3-8H2,1-2H3,(H,17,19)(H,21,22)/p-1. The lowest BCUT2D eigenvalue weighted by Gasteiger charge is -2.30. The number of amides is 2. The molecule has 1 saturated heterocycles. The number of nitrogens with zero attached hydrogens (tertiary/aromatic N) is 1. The Morgan fingerprint density at radius 2 is 1.92 bits per heavy atom. The number of ether oxygens (including phenoxy) is 2. The minimum atomic E-state index is -1.37. The Morgan fingerprint density at radius 3 is 2.56 bits per heavy atom. The number of carboxylic acid groups (broad SMARTS) is 1. The van der Waals surface area contributed by atoms with E-state index >= 15 is 0 Å². The molecule has 25 heavy (non-hydrogen) atoms. The van der Waals surface area contributed by atoms with E-state index in [0.29, 0.717) is 38.3 Å². The van der Waals surface area contributed by atoms with Crippen molar-refractivity contribution in [3.05, 3.63) is 16.0 Å². The lowest BCUT2D eigenvalue weighted by molar-refractivity contribution is -0.255. The molecule has 1 aromatic heterocycles. The number of nitrogens with one attached hydrogen (secondary N) is 1. The topological polar surface area (TPSA) is 108 Å². The quantitative estimate of drug-likeness (QED) is 0.723. The van der Waals surface area contributed by atoms with Crippen LogP contribution in [0.5, 0.6) is 0 Å². The predicted molar refractivity (Wildman–Crippen MR) is 87.3 cm³/mol. The first kappa shape index (κ1) is 17.8. The Labute approximate surface area is 148 Å². The molecule has 2 amide bonds. The van der Waals surface area contributed by atoms with Crippen LogP contribution in [0.15, 0.2) is 0 Å². The number of carbonyl (C=O) groups is 3. The van der Waals surface area contributed by atoms with Gasteiger partial charge in [0.15, 0.2) is 0 Å². The second-order valence-corrected chi connectivity index (χ2v) is 7.68. The fourth-order valence-electron chi connectivity index (χ4n) is 2.92. The Kier molecular flexibility index (Phi) is 4.81. The van der Waals surface area contributed by atoms with E-state index in [-0.39, 0.29) is 17.2 Å². The maximum absolute atomic E-state index is 12.2. The van der Waals surface area contributed by atoms with Crippen LogP contribution in [0.3, 0.4) is 0 Å². The summed E-state index contributed by atoms with van der Waals surface area (Å²) in [5.74, 6) is -2.93. The van der Waals surface area contributed by atoms with Crippen LogP contribution in [0.4, 0.5) is 5.00 Å². The largest absolute Gasteiger partial charge is 0.545 e. The molecule has 3 rings (SSSR count). The summed E-state index contributed by atoms with van der Waals surface area (Å²) in [6, 6.07) is 0. The number of hydrogen-bond acceptors (Lipinski definition) is 7. The summed E-state index contributed by atoms with van der Waals surface area (Å²) < 4.78 is 10.8. The number of carboxylic acids is 1. The maximum atomic E-state index is 12.2. The lowest BCUT2D eigenvalue weighted by Crippen LogP contribution is -2.46. The molecule has 1 fully saturated rings. The first-order chi connectivity index (χ1) is 11.8. The molecule has 2 aliphatic rings. The van der Waals surface area contributed by atoms with Gasteiger partial charge in [0.2, 0.25) is 0 Å². The highest BCUT2D eigenvalue weighted by molar-refractivity contribution is 7.17. The van der Waals surface area contributed by atoms with Crippen molar-refractivity contribution >= 4 is 34.1 Å². The number of anilines is 1. The Hall–Kier alpha value is -1.97. The smallest absolute Gasteiger partial charge is 0.314 e. The molecule has 0 spiro atoms. The minimum Gasteiger partial charge on any atom is -0.545 e. The average molecular weight is 367 g/mol. The molecule has 0 saturated carbocycles. The molecule has 8 nitrogen and oxygen atoms in total. The van der Waals surface area contributed by atoms with E-state index < -0.39 is 23.4 Å². The van der Waals surface area contributed by atoms with Crippen LogP contribution >= 0.6 is 11.3 Å². The minimum absolute atomic E-state index is 0.0560. The van der Waals surface area contributed by atoms with Gasteiger partial charge in [0, 0.05) is 30.0 Å². The highest BCUT2D eigenvalue weighted by Gasteiger charge is 2.33. The highest BCUT2D eigenvalue weighted by Crippen LogP contribution is 2.40. The van der Waals surface area contributed by atoms with Gasteiger partial charge in [-0.25, -0.2) is 0 Å². The van der Waals surface area contributed by atoms with Gasteiger partial charge in [-0.3, -0.25) is 9.59 Å². The van der Waals surface area contributed by atoms with Gasteiger partial charge in [-0.1, -0.05) is 0 Å². The third kappa shape index (κ3) is 3.68. The zero-order valence-corrected chi connectivity index (χ0v) is 14.9. The fourth-order valence-corrected chi connectivity index (χ4v) is 4.04. The number of carbonyl (C=O) groups excluding carboxylic acids is 3. The van der Waals surface area contributed by atoms with Crippen molar-refractivity contribution in [3.63, 3.8) is 0 Å². The van der Waals surface area contributed by atoms with Crippen LogP contribution in [0.25, 0.3) is 0 Å². The third-order valence-electron chi connectivity index (χ3n) is 4.21. The summed E-state index contributed by atoms with van der Waals surface area (Å²) >= 11 is 1.11. The number of aromatic carboxylic acids is 1. The van der Waals surface area contributed by atoms with Gasteiger partial charge in [-0.2, -0.15) is 0 Å². The van der Waals surface area contributed by atoms with Gasteiger partial charge in [0.05, 0.1) is 31.4 Å². The maximum Gasteiger partial charge on any atom is 0.314 e. The van der Waals surface area contributed by atoms with E-state index in [1.54, 1.807) is 0 Å². The molecule has 1 N–H and O–H groups in total. The van der Waals surface area contributed by atoms with Crippen molar-refractivity contribution in [1.82, 2.24) is 4.90 Å². The van der Waals surface area contributed by atoms with Crippen molar-refractivity contribution in [1.29, 1.82) is 0 Å². The summed E-state index contributed by atoms with van der Waals surface area (Å²) in [7, 11) is 0.